The summed E-state index contributed by atoms with van der Waals surface area (Å²) in [5.74, 6) is 0.735. The minimum atomic E-state index is -0.769. The summed E-state index contributed by atoms with van der Waals surface area (Å²) in [7, 11) is 2.57. The third-order valence-electron chi connectivity index (χ3n) is 10.3. The predicted octanol–water partition coefficient (Wildman–Crippen LogP) is 6.63. The highest BCUT2D eigenvalue weighted by molar-refractivity contribution is 5.87. The number of methoxy groups -OCH3 is 2. The van der Waals surface area contributed by atoms with E-state index in [1.54, 1.807) is 11.0 Å². The zero-order chi connectivity index (χ0) is 40.5. The number of aryl methyl sites for hydroxylation is 2. The summed E-state index contributed by atoms with van der Waals surface area (Å²) in [5, 5.41) is 5.38. The monoisotopic (exact) mass is 768 g/mol. The quantitative estimate of drug-likeness (QED) is 0.0920. The molecule has 1 fully saturated rings. The van der Waals surface area contributed by atoms with E-state index in [4.69, 9.17) is 14.5 Å². The van der Waals surface area contributed by atoms with E-state index in [9.17, 15) is 19.2 Å². The van der Waals surface area contributed by atoms with Crippen molar-refractivity contribution in [1.82, 2.24) is 40.4 Å². The largest absolute Gasteiger partial charge is 0.453 e. The van der Waals surface area contributed by atoms with Gasteiger partial charge in [-0.3, -0.25) is 9.59 Å². The summed E-state index contributed by atoms with van der Waals surface area (Å²) in [6.45, 7) is 14.7. The zero-order valence-corrected chi connectivity index (χ0v) is 33.6. The maximum absolute atomic E-state index is 13.8. The van der Waals surface area contributed by atoms with E-state index in [0.29, 0.717) is 25.3 Å². The fourth-order valence-electron chi connectivity index (χ4n) is 7.25. The molecule has 56 heavy (non-hydrogen) atoms. The highest BCUT2D eigenvalue weighted by atomic mass is 16.5. The molecule has 4 atom stereocenters. The van der Waals surface area contributed by atoms with Gasteiger partial charge in [-0.25, -0.2) is 19.6 Å². The third-order valence-corrected chi connectivity index (χ3v) is 10.3. The summed E-state index contributed by atoms with van der Waals surface area (Å²) in [5.41, 5.74) is 5.85. The van der Waals surface area contributed by atoms with Crippen LogP contribution < -0.4 is 10.6 Å². The van der Waals surface area contributed by atoms with Crippen molar-refractivity contribution in [2.45, 2.75) is 90.9 Å². The molecule has 0 radical (unpaired) electrons. The average Bonchev–Trinajstić information content (AvgIpc) is 3.97. The van der Waals surface area contributed by atoms with E-state index in [-0.39, 0.29) is 29.7 Å². The fourth-order valence-corrected chi connectivity index (χ4v) is 7.25. The Morgan fingerprint density at radius 2 is 1.61 bits per heavy atom. The number of nitrogens with zero attached hydrogens (tertiary/aromatic N) is 4. The van der Waals surface area contributed by atoms with Crippen molar-refractivity contribution in [1.29, 1.82) is 0 Å². The van der Waals surface area contributed by atoms with Crippen molar-refractivity contribution < 1.29 is 28.7 Å². The number of aromatic amines is 2. The van der Waals surface area contributed by atoms with Crippen LogP contribution in [0.15, 0.2) is 61.3 Å². The molecule has 5 rings (SSSR count). The van der Waals surface area contributed by atoms with Gasteiger partial charge >= 0.3 is 12.2 Å². The Kier molecular flexibility index (Phi) is 13.9. The first-order chi connectivity index (χ1) is 26.9. The third kappa shape index (κ3) is 9.58. The van der Waals surface area contributed by atoms with Crippen LogP contribution in [0, 0.1) is 11.8 Å². The molecule has 1 aliphatic rings. The molecule has 14 nitrogen and oxygen atoms in total. The number of fused-ring (bicyclic) bond motifs is 1. The van der Waals surface area contributed by atoms with Gasteiger partial charge in [-0.2, -0.15) is 0 Å². The van der Waals surface area contributed by atoms with Crippen LogP contribution in [0.3, 0.4) is 0 Å². The lowest BCUT2D eigenvalue weighted by Crippen LogP contribution is -2.52. The summed E-state index contributed by atoms with van der Waals surface area (Å²) < 4.78 is 9.53. The standard InChI is InChI=1S/C42H56N8O6/c1-9-21-49(39(51)35(25(3)4)47-41(53)55-7)33(10-2)38-45-31-20-18-29(23-32(31)46-38)28-16-13-27(14-17-28)15-19-30-24-43-37(44-30)34-12-11-22-50(34)40(52)36(26(5)6)48-42(54)56-8/h10,13-14,16-18,20,23-26,33-36H,2,9,11-12,15,19,21-22H2,1,3-8H3,(H,43,44)(H,45,46)(H,47,53)(H,48,54). The smallest absolute Gasteiger partial charge is 0.407 e. The van der Waals surface area contributed by atoms with Crippen LogP contribution >= 0.6 is 0 Å². The molecule has 0 spiro atoms. The highest BCUT2D eigenvalue weighted by Crippen LogP contribution is 2.32. The lowest BCUT2D eigenvalue weighted by molar-refractivity contribution is -0.136. The Labute approximate surface area is 328 Å². The molecule has 2 aromatic carbocycles. The number of carbonyl (C=O) groups excluding carboxylic acids is 4. The molecule has 4 unspecified atom stereocenters. The Morgan fingerprint density at radius 1 is 0.946 bits per heavy atom. The molecule has 0 bridgehead atoms. The van der Waals surface area contributed by atoms with Crippen molar-refractivity contribution in [3.05, 3.63) is 84.2 Å². The second-order valence-electron chi connectivity index (χ2n) is 15.0. The van der Waals surface area contributed by atoms with Crippen LogP contribution in [0.4, 0.5) is 9.59 Å². The molecule has 300 valence electrons. The van der Waals surface area contributed by atoms with Gasteiger partial charge < -0.3 is 39.9 Å². The summed E-state index contributed by atoms with van der Waals surface area (Å²) in [4.78, 5) is 71.2. The Hall–Kier alpha value is -5.66. The number of hydrogen-bond acceptors (Lipinski definition) is 8. The molecule has 1 saturated heterocycles. The second-order valence-corrected chi connectivity index (χ2v) is 15.0. The maximum Gasteiger partial charge on any atom is 0.407 e. The van der Waals surface area contributed by atoms with E-state index in [0.717, 1.165) is 59.4 Å². The second kappa shape index (κ2) is 18.8. The number of rotatable bonds is 16. The first-order valence-electron chi connectivity index (χ1n) is 19.4. The van der Waals surface area contributed by atoms with Gasteiger partial charge in [-0.05, 0) is 72.8 Å². The van der Waals surface area contributed by atoms with E-state index in [2.05, 4.69) is 62.5 Å². The number of amides is 4. The summed E-state index contributed by atoms with van der Waals surface area (Å²) >= 11 is 0. The number of hydrogen-bond donors (Lipinski definition) is 4. The van der Waals surface area contributed by atoms with Crippen molar-refractivity contribution in [3.63, 3.8) is 0 Å². The average molecular weight is 769 g/mol. The van der Waals surface area contributed by atoms with Crippen LogP contribution in [0.5, 0.6) is 0 Å². The van der Waals surface area contributed by atoms with Crippen molar-refractivity contribution >= 4 is 35.0 Å². The molecule has 1 aliphatic heterocycles. The number of ether oxygens (including phenoxy) is 2. The minimum Gasteiger partial charge on any atom is -0.453 e. The normalized spacial score (nSPS) is 15.7. The van der Waals surface area contributed by atoms with Gasteiger partial charge in [0.15, 0.2) is 0 Å². The minimum absolute atomic E-state index is 0.0963. The number of H-pyrrole nitrogens is 2. The predicted molar refractivity (Wildman–Crippen MR) is 214 cm³/mol. The van der Waals surface area contributed by atoms with Crippen LogP contribution in [-0.2, 0) is 31.9 Å². The molecule has 4 aromatic rings. The van der Waals surface area contributed by atoms with Gasteiger partial charge in [0.25, 0.3) is 0 Å². The summed E-state index contributed by atoms with van der Waals surface area (Å²) in [6, 6.07) is 12.4. The number of benzene rings is 2. The van der Waals surface area contributed by atoms with Crippen LogP contribution in [0.2, 0.25) is 0 Å². The number of imidazole rings is 2. The first-order valence-corrected chi connectivity index (χ1v) is 19.4. The number of aromatic nitrogens is 4. The molecule has 3 heterocycles. The van der Waals surface area contributed by atoms with Gasteiger partial charge in [0, 0.05) is 25.0 Å². The number of carbonyl (C=O) groups is 4. The van der Waals surface area contributed by atoms with E-state index in [1.165, 1.54) is 19.8 Å². The Balaban J connectivity index is 1.24. The Morgan fingerprint density at radius 3 is 2.23 bits per heavy atom. The van der Waals surface area contributed by atoms with Crippen LogP contribution in [0.1, 0.15) is 88.9 Å². The van der Waals surface area contributed by atoms with Gasteiger partial charge in [-0.1, -0.05) is 71.0 Å². The molecule has 4 N–H and O–H groups in total. The lowest BCUT2D eigenvalue weighted by Gasteiger charge is -2.33. The molecule has 0 saturated carbocycles. The molecular weight excluding hydrogens is 713 g/mol. The van der Waals surface area contributed by atoms with Gasteiger partial charge in [-0.15, -0.1) is 6.58 Å². The van der Waals surface area contributed by atoms with E-state index >= 15 is 0 Å². The molecular formula is C42H56N8O6. The highest BCUT2D eigenvalue weighted by Gasteiger charge is 2.38. The van der Waals surface area contributed by atoms with Crippen LogP contribution in [0.25, 0.3) is 22.2 Å². The van der Waals surface area contributed by atoms with Crippen molar-refractivity contribution in [3.8, 4) is 11.1 Å². The topological polar surface area (TPSA) is 175 Å². The SMILES string of the molecule is C=CC(c1nc2ccc(-c3ccc(CCc4cnc(C5CCCN5C(=O)C(NC(=O)OC)C(C)C)[nH]4)cc3)cc2[nH]1)N(CCC)C(=O)C(NC(=O)OC)C(C)C. The van der Waals surface area contributed by atoms with Gasteiger partial charge in [0.1, 0.15) is 29.8 Å². The fraction of sp³-hybridized carbons (Fsp3) is 0.476. The number of alkyl carbamates (subject to hydrolysis) is 2. The van der Waals surface area contributed by atoms with E-state index < -0.39 is 30.3 Å². The molecule has 14 heteroatoms. The zero-order valence-electron chi connectivity index (χ0n) is 33.6. The van der Waals surface area contributed by atoms with Crippen LogP contribution in [-0.4, -0.2) is 93.1 Å². The van der Waals surface area contributed by atoms with Gasteiger partial charge in [0.05, 0.1) is 31.3 Å². The lowest BCUT2D eigenvalue weighted by atomic mass is 10.0. The van der Waals surface area contributed by atoms with Gasteiger partial charge in [0.2, 0.25) is 11.8 Å². The Bertz CT molecular complexity index is 1990. The summed E-state index contributed by atoms with van der Waals surface area (Å²) in [6.07, 6.45) is 6.21. The maximum atomic E-state index is 13.8. The van der Waals surface area contributed by atoms with Crippen molar-refractivity contribution in [2.24, 2.45) is 11.8 Å². The number of likely N-dealkylation sites (tertiary alicyclic amines) is 1. The number of nitrogens with one attached hydrogen (secondary N) is 4. The molecule has 0 aliphatic carbocycles. The first kappa shape index (κ1) is 41.5. The molecule has 2 aromatic heterocycles. The van der Waals surface area contributed by atoms with Crippen molar-refractivity contribution in [2.75, 3.05) is 27.3 Å². The molecule has 4 amide bonds. The van der Waals surface area contributed by atoms with E-state index in [1.807, 2.05) is 57.8 Å².